The van der Waals surface area contributed by atoms with Crippen LogP contribution in [-0.2, 0) is 4.84 Å². The van der Waals surface area contributed by atoms with Gasteiger partial charge in [0.25, 0.3) is 0 Å². The lowest BCUT2D eigenvalue weighted by atomic mass is 9.92. The van der Waals surface area contributed by atoms with Crippen LogP contribution in [0.4, 0.5) is 0 Å². The normalized spacial score (nSPS) is 25.6. The van der Waals surface area contributed by atoms with Gasteiger partial charge in [0.05, 0.1) is 5.71 Å². The van der Waals surface area contributed by atoms with Gasteiger partial charge in [-0.15, -0.1) is 0 Å². The van der Waals surface area contributed by atoms with Crippen LogP contribution in [0.5, 0.6) is 0 Å². The van der Waals surface area contributed by atoms with Crippen molar-refractivity contribution < 1.29 is 4.84 Å². The van der Waals surface area contributed by atoms with Gasteiger partial charge in [0.15, 0.2) is 0 Å². The lowest BCUT2D eigenvalue weighted by Gasteiger charge is -2.32. The Labute approximate surface area is 129 Å². The molecule has 0 atom stereocenters. The van der Waals surface area contributed by atoms with Crippen LogP contribution in [-0.4, -0.2) is 61.9 Å². The zero-order valence-corrected chi connectivity index (χ0v) is 13.8. The van der Waals surface area contributed by atoms with Gasteiger partial charge in [0.2, 0.25) is 0 Å². The molecular formula is C17H31N3O. The van der Waals surface area contributed by atoms with Crippen molar-refractivity contribution in [2.45, 2.75) is 45.4 Å². The molecule has 120 valence electrons. The molecule has 0 N–H and O–H groups in total. The number of allylic oxidation sites excluding steroid dienone is 2. The van der Waals surface area contributed by atoms with Crippen LogP contribution in [0.15, 0.2) is 16.8 Å². The Hall–Kier alpha value is -0.870. The minimum atomic E-state index is 0.745. The Bertz CT molecular complexity index is 357. The molecular weight excluding hydrogens is 262 g/mol. The van der Waals surface area contributed by atoms with Crippen molar-refractivity contribution in [3.05, 3.63) is 11.6 Å². The third-order valence-electron chi connectivity index (χ3n) is 4.41. The number of rotatable bonds is 6. The highest BCUT2D eigenvalue weighted by molar-refractivity contribution is 6.00. The van der Waals surface area contributed by atoms with E-state index in [4.69, 9.17) is 4.84 Å². The molecule has 1 saturated heterocycles. The first-order valence-electron chi connectivity index (χ1n) is 8.58. The van der Waals surface area contributed by atoms with Gasteiger partial charge in [0.1, 0.15) is 6.61 Å². The second-order valence-corrected chi connectivity index (χ2v) is 6.21. The molecule has 4 nitrogen and oxygen atoms in total. The summed E-state index contributed by atoms with van der Waals surface area (Å²) in [5, 5.41) is 4.40. The van der Waals surface area contributed by atoms with Crippen LogP contribution in [0, 0.1) is 0 Å². The van der Waals surface area contributed by atoms with Gasteiger partial charge in [-0.2, -0.15) is 0 Å². The average molecular weight is 293 g/mol. The first-order valence-corrected chi connectivity index (χ1v) is 8.58. The van der Waals surface area contributed by atoms with E-state index in [9.17, 15) is 0 Å². The summed E-state index contributed by atoms with van der Waals surface area (Å²) in [7, 11) is 2.20. The average Bonchev–Trinajstić information content (AvgIpc) is 2.51. The first kappa shape index (κ1) is 16.5. The molecule has 0 bridgehead atoms. The standard InChI is InChI=1S/C17H31N3O/c1-3-7-16-8-4-5-9-17(16)18-21-15-6-10-20-13-11-19(2)12-14-20/h7H,3-6,8-15H2,1-2H3. The van der Waals surface area contributed by atoms with Crippen molar-refractivity contribution in [2.75, 3.05) is 46.4 Å². The van der Waals surface area contributed by atoms with Crippen LogP contribution >= 0.6 is 0 Å². The Morgan fingerprint density at radius 1 is 1.14 bits per heavy atom. The van der Waals surface area contributed by atoms with E-state index in [1.807, 2.05) is 0 Å². The quantitative estimate of drug-likeness (QED) is 0.557. The second kappa shape index (κ2) is 9.21. The molecule has 1 aliphatic carbocycles. The maximum absolute atomic E-state index is 5.57. The summed E-state index contributed by atoms with van der Waals surface area (Å²) < 4.78 is 0. The smallest absolute Gasteiger partial charge is 0.118 e. The lowest BCUT2D eigenvalue weighted by molar-refractivity contribution is 0.110. The molecule has 21 heavy (non-hydrogen) atoms. The number of likely N-dealkylation sites (N-methyl/N-ethyl adjacent to an activating group) is 1. The molecule has 2 aliphatic rings. The minimum absolute atomic E-state index is 0.745. The summed E-state index contributed by atoms with van der Waals surface area (Å²) >= 11 is 0. The van der Waals surface area contributed by atoms with Crippen LogP contribution in [0.3, 0.4) is 0 Å². The zero-order chi connectivity index (χ0) is 14.9. The third kappa shape index (κ3) is 5.79. The van der Waals surface area contributed by atoms with E-state index in [0.717, 1.165) is 32.4 Å². The van der Waals surface area contributed by atoms with Crippen LogP contribution < -0.4 is 0 Å². The fourth-order valence-electron chi connectivity index (χ4n) is 3.03. The van der Waals surface area contributed by atoms with Gasteiger partial charge in [0, 0.05) is 32.7 Å². The highest BCUT2D eigenvalue weighted by atomic mass is 16.6. The lowest BCUT2D eigenvalue weighted by Crippen LogP contribution is -2.44. The van der Waals surface area contributed by atoms with E-state index in [2.05, 4.69) is 35.0 Å². The molecule has 4 heteroatoms. The Kier molecular flexibility index (Phi) is 7.24. The summed E-state index contributed by atoms with van der Waals surface area (Å²) in [4.78, 5) is 10.5. The molecule has 0 amide bonds. The zero-order valence-electron chi connectivity index (χ0n) is 13.8. The van der Waals surface area contributed by atoms with Crippen molar-refractivity contribution >= 4 is 5.71 Å². The number of piperazine rings is 1. The van der Waals surface area contributed by atoms with Crippen LogP contribution in [0.25, 0.3) is 0 Å². The minimum Gasteiger partial charge on any atom is -0.396 e. The van der Waals surface area contributed by atoms with Crippen molar-refractivity contribution in [3.8, 4) is 0 Å². The number of nitrogens with zero attached hydrogens (tertiary/aromatic N) is 3. The molecule has 0 spiro atoms. The molecule has 0 unspecified atom stereocenters. The van der Waals surface area contributed by atoms with E-state index in [1.54, 1.807) is 0 Å². The van der Waals surface area contributed by atoms with Gasteiger partial charge in [-0.3, -0.25) is 0 Å². The van der Waals surface area contributed by atoms with Gasteiger partial charge in [-0.25, -0.2) is 0 Å². The Morgan fingerprint density at radius 3 is 2.67 bits per heavy atom. The van der Waals surface area contributed by atoms with Gasteiger partial charge in [-0.05, 0) is 51.1 Å². The van der Waals surface area contributed by atoms with E-state index in [1.165, 1.54) is 56.7 Å². The van der Waals surface area contributed by atoms with E-state index >= 15 is 0 Å². The molecule has 2 rings (SSSR count). The summed E-state index contributed by atoms with van der Waals surface area (Å²) in [6.45, 7) is 8.83. The maximum Gasteiger partial charge on any atom is 0.118 e. The molecule has 0 aromatic heterocycles. The fourth-order valence-corrected chi connectivity index (χ4v) is 3.03. The predicted molar refractivity (Wildman–Crippen MR) is 88.8 cm³/mol. The first-order chi connectivity index (χ1) is 10.3. The highest BCUT2D eigenvalue weighted by Gasteiger charge is 2.14. The molecule has 0 aromatic rings. The van der Waals surface area contributed by atoms with Crippen molar-refractivity contribution in [1.29, 1.82) is 0 Å². The maximum atomic E-state index is 5.57. The summed E-state index contributed by atoms with van der Waals surface area (Å²) in [6, 6.07) is 0. The topological polar surface area (TPSA) is 28.1 Å². The number of hydrogen-bond donors (Lipinski definition) is 0. The van der Waals surface area contributed by atoms with Gasteiger partial charge in [-0.1, -0.05) is 18.2 Å². The monoisotopic (exact) mass is 293 g/mol. The van der Waals surface area contributed by atoms with E-state index < -0.39 is 0 Å². The SMILES string of the molecule is CCC=C1CCCCC1=NOCCCN1CCN(C)CC1. The van der Waals surface area contributed by atoms with Crippen molar-refractivity contribution in [1.82, 2.24) is 9.80 Å². The third-order valence-corrected chi connectivity index (χ3v) is 4.41. The summed E-state index contributed by atoms with van der Waals surface area (Å²) in [6.07, 6.45) is 9.30. The molecule has 0 aromatic carbocycles. The van der Waals surface area contributed by atoms with E-state index in [-0.39, 0.29) is 0 Å². The fraction of sp³-hybridized carbons (Fsp3) is 0.824. The summed E-state index contributed by atoms with van der Waals surface area (Å²) in [5.74, 6) is 0. The Morgan fingerprint density at radius 2 is 1.90 bits per heavy atom. The molecule has 0 radical (unpaired) electrons. The Balaban J connectivity index is 1.64. The predicted octanol–water partition coefficient (Wildman–Crippen LogP) is 2.91. The second-order valence-electron chi connectivity index (χ2n) is 6.21. The molecule has 1 heterocycles. The van der Waals surface area contributed by atoms with Crippen molar-refractivity contribution in [2.24, 2.45) is 5.16 Å². The molecule has 2 fully saturated rings. The summed E-state index contributed by atoms with van der Waals surface area (Å²) in [5.41, 5.74) is 2.62. The number of hydrogen-bond acceptors (Lipinski definition) is 4. The molecule has 1 aliphatic heterocycles. The number of oxime groups is 1. The highest BCUT2D eigenvalue weighted by Crippen LogP contribution is 2.21. The van der Waals surface area contributed by atoms with E-state index in [0.29, 0.717) is 0 Å². The van der Waals surface area contributed by atoms with Crippen molar-refractivity contribution in [3.63, 3.8) is 0 Å². The van der Waals surface area contributed by atoms with Crippen LogP contribution in [0.2, 0.25) is 0 Å². The molecule has 1 saturated carbocycles. The van der Waals surface area contributed by atoms with Gasteiger partial charge >= 0.3 is 0 Å². The van der Waals surface area contributed by atoms with Crippen LogP contribution in [0.1, 0.15) is 45.4 Å². The largest absolute Gasteiger partial charge is 0.396 e. The van der Waals surface area contributed by atoms with Gasteiger partial charge < -0.3 is 14.6 Å².